The Labute approximate surface area is 114 Å². The summed E-state index contributed by atoms with van der Waals surface area (Å²) in [7, 11) is 0. The van der Waals surface area contributed by atoms with E-state index in [2.05, 4.69) is 46.5 Å². The van der Waals surface area contributed by atoms with Crippen LogP contribution in [0.2, 0.25) is 0 Å². The number of nitrogen functional groups attached to an aromatic ring is 1. The zero-order valence-electron chi connectivity index (χ0n) is 11.2. The van der Waals surface area contributed by atoms with Crippen molar-refractivity contribution in [2.45, 2.75) is 20.0 Å². The van der Waals surface area contributed by atoms with Gasteiger partial charge in [-0.3, -0.25) is 4.90 Å². The number of nitrogens with one attached hydrogen (secondary N) is 1. The van der Waals surface area contributed by atoms with Gasteiger partial charge in [0.2, 0.25) is 0 Å². The van der Waals surface area contributed by atoms with E-state index in [1.807, 2.05) is 18.2 Å². The average molecular weight is 256 g/mol. The summed E-state index contributed by atoms with van der Waals surface area (Å²) in [5.41, 5.74) is 5.12. The number of rotatable bonds is 6. The van der Waals surface area contributed by atoms with E-state index in [1.54, 1.807) is 6.20 Å². The molecule has 0 saturated heterocycles. The second-order valence-corrected chi connectivity index (χ2v) is 4.48. The Bertz CT molecular complexity index is 499. The quantitative estimate of drug-likeness (QED) is 0.615. The first-order valence-corrected chi connectivity index (χ1v) is 6.49. The lowest BCUT2D eigenvalue weighted by Gasteiger charge is -2.20. The van der Waals surface area contributed by atoms with E-state index in [1.165, 1.54) is 11.1 Å². The molecular weight excluding hydrogens is 236 g/mol. The predicted molar refractivity (Wildman–Crippen MR) is 78.3 cm³/mol. The van der Waals surface area contributed by atoms with Gasteiger partial charge in [-0.1, -0.05) is 37.3 Å². The maximum Gasteiger partial charge on any atom is 0.140 e. The van der Waals surface area contributed by atoms with Gasteiger partial charge in [-0.15, -0.1) is 0 Å². The molecular formula is C15H20N4. The number of anilines is 1. The van der Waals surface area contributed by atoms with Crippen LogP contribution in [0.15, 0.2) is 48.7 Å². The van der Waals surface area contributed by atoms with E-state index in [9.17, 15) is 0 Å². The van der Waals surface area contributed by atoms with Gasteiger partial charge >= 0.3 is 0 Å². The van der Waals surface area contributed by atoms with E-state index >= 15 is 0 Å². The number of nitrogens with two attached hydrogens (primary N) is 1. The highest BCUT2D eigenvalue weighted by atomic mass is 15.2. The van der Waals surface area contributed by atoms with Crippen molar-refractivity contribution in [1.29, 1.82) is 0 Å². The third-order valence-corrected chi connectivity index (χ3v) is 3.07. The molecule has 2 rings (SSSR count). The van der Waals surface area contributed by atoms with Crippen LogP contribution in [0.1, 0.15) is 18.1 Å². The molecule has 0 spiro atoms. The van der Waals surface area contributed by atoms with Crippen molar-refractivity contribution in [2.24, 2.45) is 5.84 Å². The van der Waals surface area contributed by atoms with Gasteiger partial charge in [0, 0.05) is 19.3 Å². The fourth-order valence-corrected chi connectivity index (χ4v) is 2.03. The van der Waals surface area contributed by atoms with Crippen LogP contribution in [0.5, 0.6) is 0 Å². The van der Waals surface area contributed by atoms with E-state index in [4.69, 9.17) is 5.84 Å². The minimum atomic E-state index is 0.702. The Morgan fingerprint density at radius 3 is 2.53 bits per heavy atom. The van der Waals surface area contributed by atoms with Crippen LogP contribution >= 0.6 is 0 Å². The molecule has 4 nitrogen and oxygen atoms in total. The number of hydrazine groups is 1. The van der Waals surface area contributed by atoms with Crippen LogP contribution in [0.25, 0.3) is 0 Å². The van der Waals surface area contributed by atoms with E-state index < -0.39 is 0 Å². The number of aromatic nitrogens is 1. The lowest BCUT2D eigenvalue weighted by Crippen LogP contribution is -2.22. The van der Waals surface area contributed by atoms with Crippen LogP contribution < -0.4 is 11.3 Å². The zero-order chi connectivity index (χ0) is 13.5. The van der Waals surface area contributed by atoms with Gasteiger partial charge in [-0.2, -0.15) is 0 Å². The van der Waals surface area contributed by atoms with Gasteiger partial charge in [0.15, 0.2) is 0 Å². The number of pyridine rings is 1. The van der Waals surface area contributed by atoms with Crippen molar-refractivity contribution in [1.82, 2.24) is 9.88 Å². The van der Waals surface area contributed by atoms with Crippen molar-refractivity contribution in [3.05, 3.63) is 59.8 Å². The maximum absolute atomic E-state index is 5.38. The Morgan fingerprint density at radius 1 is 1.11 bits per heavy atom. The summed E-state index contributed by atoms with van der Waals surface area (Å²) in [5, 5.41) is 0. The van der Waals surface area contributed by atoms with Gasteiger partial charge in [-0.25, -0.2) is 10.8 Å². The van der Waals surface area contributed by atoms with Crippen LogP contribution in [0, 0.1) is 0 Å². The van der Waals surface area contributed by atoms with E-state index in [-0.39, 0.29) is 0 Å². The Balaban J connectivity index is 2.02. The van der Waals surface area contributed by atoms with Gasteiger partial charge < -0.3 is 5.43 Å². The number of benzene rings is 1. The smallest absolute Gasteiger partial charge is 0.140 e. The SMILES string of the molecule is CCN(Cc1ccccc1)Cc1ccnc(NN)c1. The van der Waals surface area contributed by atoms with Crippen LogP contribution in [0.3, 0.4) is 0 Å². The Kier molecular flexibility index (Phi) is 4.89. The predicted octanol–water partition coefficient (Wildman–Crippen LogP) is 2.39. The maximum atomic E-state index is 5.38. The lowest BCUT2D eigenvalue weighted by molar-refractivity contribution is 0.271. The highest BCUT2D eigenvalue weighted by Crippen LogP contribution is 2.11. The third kappa shape index (κ3) is 4.05. The first-order valence-electron chi connectivity index (χ1n) is 6.49. The third-order valence-electron chi connectivity index (χ3n) is 3.07. The molecule has 4 heteroatoms. The fourth-order valence-electron chi connectivity index (χ4n) is 2.03. The van der Waals surface area contributed by atoms with Gasteiger partial charge in [0.25, 0.3) is 0 Å². The number of hydrogen-bond donors (Lipinski definition) is 2. The molecule has 2 aromatic rings. The minimum Gasteiger partial charge on any atom is -0.308 e. The summed E-state index contributed by atoms with van der Waals surface area (Å²) in [4.78, 5) is 6.50. The molecule has 1 aromatic carbocycles. The minimum absolute atomic E-state index is 0.702. The van der Waals surface area contributed by atoms with Crippen molar-refractivity contribution in [3.63, 3.8) is 0 Å². The van der Waals surface area contributed by atoms with Crippen molar-refractivity contribution >= 4 is 5.82 Å². The second-order valence-electron chi connectivity index (χ2n) is 4.48. The first kappa shape index (κ1) is 13.5. The number of nitrogens with zero attached hydrogens (tertiary/aromatic N) is 2. The van der Waals surface area contributed by atoms with E-state index in [0.717, 1.165) is 19.6 Å². The summed E-state index contributed by atoms with van der Waals surface area (Å²) < 4.78 is 0. The lowest BCUT2D eigenvalue weighted by atomic mass is 10.2. The molecule has 1 heterocycles. The average Bonchev–Trinajstić information content (AvgIpc) is 2.48. The zero-order valence-corrected chi connectivity index (χ0v) is 11.2. The molecule has 0 radical (unpaired) electrons. The van der Waals surface area contributed by atoms with Gasteiger partial charge in [0.1, 0.15) is 5.82 Å². The van der Waals surface area contributed by atoms with Crippen molar-refractivity contribution in [3.8, 4) is 0 Å². The standard InChI is InChI=1S/C15H20N4/c1-2-19(11-13-6-4-3-5-7-13)12-14-8-9-17-15(10-14)18-16/h3-10H,2,11-12,16H2,1H3,(H,17,18). The summed E-state index contributed by atoms with van der Waals surface area (Å²) in [6.45, 7) is 5.02. The monoisotopic (exact) mass is 256 g/mol. The molecule has 3 N–H and O–H groups in total. The highest BCUT2D eigenvalue weighted by molar-refractivity contribution is 5.35. The summed E-state index contributed by atoms with van der Waals surface area (Å²) in [5.74, 6) is 6.08. The molecule has 0 aliphatic heterocycles. The largest absolute Gasteiger partial charge is 0.308 e. The fraction of sp³-hybridized carbons (Fsp3) is 0.267. The molecule has 0 unspecified atom stereocenters. The first-order chi connectivity index (χ1) is 9.31. The summed E-state index contributed by atoms with van der Waals surface area (Å²) in [6.07, 6.45) is 1.78. The molecule has 0 amide bonds. The van der Waals surface area contributed by atoms with Crippen LogP contribution in [-0.2, 0) is 13.1 Å². The second kappa shape index (κ2) is 6.87. The summed E-state index contributed by atoms with van der Waals surface area (Å²) >= 11 is 0. The van der Waals surface area contributed by atoms with Crippen LogP contribution in [-0.4, -0.2) is 16.4 Å². The Hall–Kier alpha value is -1.91. The Morgan fingerprint density at radius 2 is 1.84 bits per heavy atom. The van der Waals surface area contributed by atoms with Gasteiger partial charge in [-0.05, 0) is 29.8 Å². The van der Waals surface area contributed by atoms with Crippen molar-refractivity contribution < 1.29 is 0 Å². The topological polar surface area (TPSA) is 54.2 Å². The highest BCUT2D eigenvalue weighted by Gasteiger charge is 2.05. The molecule has 0 atom stereocenters. The number of hydrogen-bond acceptors (Lipinski definition) is 4. The molecule has 1 aromatic heterocycles. The van der Waals surface area contributed by atoms with E-state index in [0.29, 0.717) is 5.82 Å². The molecule has 0 aliphatic rings. The molecule has 0 aliphatic carbocycles. The van der Waals surface area contributed by atoms with Gasteiger partial charge in [0.05, 0.1) is 0 Å². The molecule has 100 valence electrons. The normalized spacial score (nSPS) is 10.7. The molecule has 0 saturated carbocycles. The summed E-state index contributed by atoms with van der Waals surface area (Å²) in [6, 6.07) is 14.5. The van der Waals surface area contributed by atoms with Crippen molar-refractivity contribution in [2.75, 3.05) is 12.0 Å². The van der Waals surface area contributed by atoms with Crippen LogP contribution in [0.4, 0.5) is 5.82 Å². The molecule has 0 bridgehead atoms. The molecule has 19 heavy (non-hydrogen) atoms. The molecule has 0 fully saturated rings.